The first-order valence-electron chi connectivity index (χ1n) is 5.58. The molecule has 0 amide bonds. The van der Waals surface area contributed by atoms with E-state index in [1.54, 1.807) is 0 Å². The highest BCUT2D eigenvalue weighted by atomic mass is 32.2. The standard InChI is InChI=1S/C13H19NS/c1-10-6-3-4-7-11(10)12(14)13(2)8-5-9-15-13/h3-4,6-7,12H,5,8-9,14H2,1-2H3. The smallest absolute Gasteiger partial charge is 0.0444 e. The van der Waals surface area contributed by atoms with Crippen LogP contribution >= 0.6 is 11.8 Å². The number of rotatable bonds is 2. The van der Waals surface area contributed by atoms with E-state index in [1.807, 2.05) is 11.8 Å². The summed E-state index contributed by atoms with van der Waals surface area (Å²) >= 11 is 2.03. The number of hydrogen-bond donors (Lipinski definition) is 1. The molecule has 15 heavy (non-hydrogen) atoms. The SMILES string of the molecule is Cc1ccccc1C(N)C1(C)CCCS1. The zero-order chi connectivity index (χ0) is 10.9. The molecule has 2 N–H and O–H groups in total. The predicted octanol–water partition coefficient (Wildman–Crippen LogP) is 3.28. The van der Waals surface area contributed by atoms with Crippen LogP contribution in [-0.4, -0.2) is 10.5 Å². The summed E-state index contributed by atoms with van der Waals surface area (Å²) < 4.78 is 0.242. The van der Waals surface area contributed by atoms with E-state index >= 15 is 0 Å². The second kappa shape index (κ2) is 4.18. The van der Waals surface area contributed by atoms with Crippen molar-refractivity contribution in [3.8, 4) is 0 Å². The Morgan fingerprint density at radius 1 is 1.40 bits per heavy atom. The third-order valence-electron chi connectivity index (χ3n) is 3.43. The first-order valence-corrected chi connectivity index (χ1v) is 6.57. The number of hydrogen-bond acceptors (Lipinski definition) is 2. The van der Waals surface area contributed by atoms with Crippen molar-refractivity contribution < 1.29 is 0 Å². The van der Waals surface area contributed by atoms with Crippen LogP contribution in [0.15, 0.2) is 24.3 Å². The fraction of sp³-hybridized carbons (Fsp3) is 0.538. The van der Waals surface area contributed by atoms with Crippen LogP contribution in [0.3, 0.4) is 0 Å². The second-order valence-electron chi connectivity index (χ2n) is 4.60. The van der Waals surface area contributed by atoms with Crippen LogP contribution in [-0.2, 0) is 0 Å². The molecule has 82 valence electrons. The summed E-state index contributed by atoms with van der Waals surface area (Å²) in [6.45, 7) is 4.46. The van der Waals surface area contributed by atoms with Crippen LogP contribution in [0.4, 0.5) is 0 Å². The Hall–Kier alpha value is -0.470. The molecule has 0 bridgehead atoms. The molecule has 0 radical (unpaired) electrons. The van der Waals surface area contributed by atoms with Crippen LogP contribution in [0.2, 0.25) is 0 Å². The normalized spacial score (nSPS) is 27.9. The van der Waals surface area contributed by atoms with E-state index < -0.39 is 0 Å². The monoisotopic (exact) mass is 221 g/mol. The van der Waals surface area contributed by atoms with Crippen molar-refractivity contribution in [2.24, 2.45) is 5.73 Å². The maximum atomic E-state index is 6.41. The van der Waals surface area contributed by atoms with Gasteiger partial charge in [0.05, 0.1) is 0 Å². The van der Waals surface area contributed by atoms with Gasteiger partial charge < -0.3 is 5.73 Å². The summed E-state index contributed by atoms with van der Waals surface area (Å²) in [6.07, 6.45) is 2.55. The van der Waals surface area contributed by atoms with E-state index in [-0.39, 0.29) is 10.8 Å². The summed E-state index contributed by atoms with van der Waals surface area (Å²) in [4.78, 5) is 0. The topological polar surface area (TPSA) is 26.0 Å². The number of benzene rings is 1. The Bertz CT molecular complexity index is 342. The van der Waals surface area contributed by atoms with E-state index in [0.717, 1.165) is 0 Å². The van der Waals surface area contributed by atoms with Crippen molar-refractivity contribution in [2.75, 3.05) is 5.75 Å². The summed E-state index contributed by atoms with van der Waals surface area (Å²) in [6, 6.07) is 8.66. The van der Waals surface area contributed by atoms with Gasteiger partial charge in [0.25, 0.3) is 0 Å². The van der Waals surface area contributed by atoms with Gasteiger partial charge in [0.15, 0.2) is 0 Å². The Morgan fingerprint density at radius 3 is 2.73 bits per heavy atom. The van der Waals surface area contributed by atoms with Crippen molar-refractivity contribution >= 4 is 11.8 Å². The highest BCUT2D eigenvalue weighted by Crippen LogP contribution is 2.45. The average Bonchev–Trinajstić information content (AvgIpc) is 2.66. The molecule has 1 heterocycles. The summed E-state index contributed by atoms with van der Waals surface area (Å²) in [5.41, 5.74) is 9.05. The maximum absolute atomic E-state index is 6.41. The minimum absolute atomic E-state index is 0.172. The molecule has 1 aliphatic rings. The third-order valence-corrected chi connectivity index (χ3v) is 5.04. The molecular formula is C13H19NS. The van der Waals surface area contributed by atoms with Gasteiger partial charge in [-0.25, -0.2) is 0 Å². The largest absolute Gasteiger partial charge is 0.323 e. The van der Waals surface area contributed by atoms with E-state index in [0.29, 0.717) is 0 Å². The van der Waals surface area contributed by atoms with Gasteiger partial charge in [-0.2, -0.15) is 11.8 Å². The van der Waals surface area contributed by atoms with E-state index in [4.69, 9.17) is 5.73 Å². The van der Waals surface area contributed by atoms with Crippen molar-refractivity contribution in [3.05, 3.63) is 35.4 Å². The quantitative estimate of drug-likeness (QED) is 0.829. The average molecular weight is 221 g/mol. The lowest BCUT2D eigenvalue weighted by Gasteiger charge is -2.31. The van der Waals surface area contributed by atoms with Gasteiger partial charge in [-0.15, -0.1) is 0 Å². The molecular weight excluding hydrogens is 202 g/mol. The van der Waals surface area contributed by atoms with Gasteiger partial charge in [0.1, 0.15) is 0 Å². The summed E-state index contributed by atoms with van der Waals surface area (Å²) in [5, 5.41) is 0. The van der Waals surface area contributed by atoms with Gasteiger partial charge in [0.2, 0.25) is 0 Å². The zero-order valence-corrected chi connectivity index (χ0v) is 10.3. The fourth-order valence-corrected chi connectivity index (χ4v) is 3.66. The van der Waals surface area contributed by atoms with E-state index in [1.165, 1.54) is 29.7 Å². The predicted molar refractivity (Wildman–Crippen MR) is 68.2 cm³/mol. The van der Waals surface area contributed by atoms with Gasteiger partial charge in [0, 0.05) is 10.8 Å². The lowest BCUT2D eigenvalue weighted by molar-refractivity contribution is 0.500. The molecule has 2 atom stereocenters. The number of thioether (sulfide) groups is 1. The van der Waals surface area contributed by atoms with Crippen molar-refractivity contribution in [1.82, 2.24) is 0 Å². The molecule has 1 fully saturated rings. The van der Waals surface area contributed by atoms with Crippen molar-refractivity contribution in [1.29, 1.82) is 0 Å². The fourth-order valence-electron chi connectivity index (χ4n) is 2.31. The molecule has 1 aromatic rings. The maximum Gasteiger partial charge on any atom is 0.0444 e. The lowest BCUT2D eigenvalue weighted by Crippen LogP contribution is -2.33. The Morgan fingerprint density at radius 2 is 2.13 bits per heavy atom. The highest BCUT2D eigenvalue weighted by molar-refractivity contribution is 8.00. The minimum Gasteiger partial charge on any atom is -0.323 e. The molecule has 1 nitrogen and oxygen atoms in total. The second-order valence-corrected chi connectivity index (χ2v) is 6.23. The van der Waals surface area contributed by atoms with Crippen molar-refractivity contribution in [2.45, 2.75) is 37.5 Å². The molecule has 2 heteroatoms. The van der Waals surface area contributed by atoms with Crippen LogP contribution < -0.4 is 5.73 Å². The Kier molecular flexibility index (Phi) is 3.08. The van der Waals surface area contributed by atoms with Crippen LogP contribution in [0, 0.1) is 6.92 Å². The molecule has 0 aliphatic carbocycles. The van der Waals surface area contributed by atoms with E-state index in [2.05, 4.69) is 38.1 Å². The Labute approximate surface area is 96.4 Å². The molecule has 0 aromatic heterocycles. The molecule has 0 spiro atoms. The van der Waals surface area contributed by atoms with Crippen LogP contribution in [0.1, 0.15) is 36.9 Å². The number of aryl methyl sites for hydroxylation is 1. The zero-order valence-electron chi connectivity index (χ0n) is 9.49. The van der Waals surface area contributed by atoms with Gasteiger partial charge in [-0.1, -0.05) is 24.3 Å². The molecule has 2 unspecified atom stereocenters. The molecule has 0 saturated carbocycles. The minimum atomic E-state index is 0.172. The summed E-state index contributed by atoms with van der Waals surface area (Å²) in [7, 11) is 0. The Balaban J connectivity index is 2.27. The lowest BCUT2D eigenvalue weighted by atomic mass is 9.89. The van der Waals surface area contributed by atoms with Gasteiger partial charge >= 0.3 is 0 Å². The first-order chi connectivity index (χ1) is 7.13. The molecule has 1 saturated heterocycles. The summed E-state index contributed by atoms with van der Waals surface area (Å²) in [5.74, 6) is 1.26. The molecule has 1 aliphatic heterocycles. The van der Waals surface area contributed by atoms with Crippen LogP contribution in [0.25, 0.3) is 0 Å². The highest BCUT2D eigenvalue weighted by Gasteiger charge is 2.36. The molecule has 1 aromatic carbocycles. The van der Waals surface area contributed by atoms with Gasteiger partial charge in [-0.3, -0.25) is 0 Å². The third kappa shape index (κ3) is 2.06. The molecule has 2 rings (SSSR count). The number of nitrogens with two attached hydrogens (primary N) is 1. The van der Waals surface area contributed by atoms with E-state index in [9.17, 15) is 0 Å². The van der Waals surface area contributed by atoms with Crippen molar-refractivity contribution in [3.63, 3.8) is 0 Å². The van der Waals surface area contributed by atoms with Gasteiger partial charge in [-0.05, 0) is 43.6 Å². The first kappa shape index (κ1) is 11.0. The van der Waals surface area contributed by atoms with Crippen LogP contribution in [0.5, 0.6) is 0 Å².